The van der Waals surface area contributed by atoms with Gasteiger partial charge >= 0.3 is 0 Å². The zero-order valence-electron chi connectivity index (χ0n) is 12.4. The molecule has 0 aliphatic rings. The molecule has 0 radical (unpaired) electrons. The third-order valence-electron chi connectivity index (χ3n) is 3.89. The molecule has 0 aliphatic carbocycles. The lowest BCUT2D eigenvalue weighted by molar-refractivity contribution is 0.492. The van der Waals surface area contributed by atoms with Crippen molar-refractivity contribution in [3.05, 3.63) is 89.1 Å². The first-order valence-electron chi connectivity index (χ1n) is 7.50. The summed E-state index contributed by atoms with van der Waals surface area (Å²) in [6.07, 6.45) is 2.46. The molecule has 2 heterocycles. The van der Waals surface area contributed by atoms with Crippen LogP contribution in [0.2, 0.25) is 5.02 Å². The van der Waals surface area contributed by atoms with Gasteiger partial charge in [0.15, 0.2) is 0 Å². The molecule has 0 N–H and O–H groups in total. The summed E-state index contributed by atoms with van der Waals surface area (Å²) >= 11 is 6.18. The maximum Gasteiger partial charge on any atom is 0.123 e. The monoisotopic (exact) mass is 322 g/mol. The molecule has 3 nitrogen and oxygen atoms in total. The Morgan fingerprint density at radius 1 is 1.00 bits per heavy atom. The van der Waals surface area contributed by atoms with Gasteiger partial charge in [-0.15, -0.1) is 0 Å². The predicted octanol–water partition coefficient (Wildman–Crippen LogP) is 4.92. The molecule has 0 aliphatic heterocycles. The number of furan rings is 1. The van der Waals surface area contributed by atoms with Crippen LogP contribution in [-0.2, 0) is 13.0 Å². The molecule has 0 amide bonds. The summed E-state index contributed by atoms with van der Waals surface area (Å²) in [5.41, 5.74) is 3.21. The maximum absolute atomic E-state index is 6.18. The van der Waals surface area contributed by atoms with Crippen molar-refractivity contribution < 1.29 is 4.42 Å². The number of imidazole rings is 1. The highest BCUT2D eigenvalue weighted by atomic mass is 35.5. The van der Waals surface area contributed by atoms with E-state index in [0.29, 0.717) is 11.6 Å². The minimum Gasteiger partial charge on any atom is -0.467 e. The summed E-state index contributed by atoms with van der Waals surface area (Å²) in [6, 6.07) is 20.0. The number of rotatable bonds is 4. The number of aromatic nitrogens is 2. The molecule has 4 rings (SSSR count). The van der Waals surface area contributed by atoms with E-state index in [4.69, 9.17) is 21.0 Å². The van der Waals surface area contributed by atoms with E-state index >= 15 is 0 Å². The number of nitrogens with zero attached hydrogens (tertiary/aromatic N) is 2. The fraction of sp³-hybridized carbons (Fsp3) is 0.105. The zero-order valence-corrected chi connectivity index (χ0v) is 13.2. The van der Waals surface area contributed by atoms with Gasteiger partial charge < -0.3 is 8.98 Å². The first-order valence-corrected chi connectivity index (χ1v) is 7.88. The normalized spacial score (nSPS) is 11.2. The Morgan fingerprint density at radius 3 is 2.65 bits per heavy atom. The van der Waals surface area contributed by atoms with E-state index in [1.54, 1.807) is 6.26 Å². The minimum atomic E-state index is 0.645. The lowest BCUT2D eigenvalue weighted by Gasteiger charge is -2.08. The van der Waals surface area contributed by atoms with Crippen LogP contribution in [0.15, 0.2) is 71.3 Å². The Morgan fingerprint density at radius 2 is 1.87 bits per heavy atom. The van der Waals surface area contributed by atoms with Crippen LogP contribution in [0.4, 0.5) is 0 Å². The van der Waals surface area contributed by atoms with Crippen molar-refractivity contribution >= 4 is 22.6 Å². The van der Waals surface area contributed by atoms with Gasteiger partial charge in [0.05, 0.1) is 23.8 Å². The van der Waals surface area contributed by atoms with Crippen LogP contribution in [0.3, 0.4) is 0 Å². The summed E-state index contributed by atoms with van der Waals surface area (Å²) in [5.74, 6) is 1.91. The average Bonchev–Trinajstić information content (AvgIpc) is 3.18. The Labute approximate surface area is 139 Å². The minimum absolute atomic E-state index is 0.645. The Balaban J connectivity index is 1.81. The van der Waals surface area contributed by atoms with Crippen molar-refractivity contribution in [1.82, 2.24) is 9.55 Å². The molecular formula is C19H15ClN2O. The van der Waals surface area contributed by atoms with Crippen molar-refractivity contribution in [3.8, 4) is 0 Å². The number of hydrogen-bond acceptors (Lipinski definition) is 2. The molecule has 2 aromatic carbocycles. The predicted molar refractivity (Wildman–Crippen MR) is 91.8 cm³/mol. The first kappa shape index (κ1) is 14.1. The third-order valence-corrected chi connectivity index (χ3v) is 4.12. The largest absolute Gasteiger partial charge is 0.467 e. The summed E-state index contributed by atoms with van der Waals surface area (Å²) in [7, 11) is 0. The molecule has 0 bridgehead atoms. The van der Waals surface area contributed by atoms with Crippen LogP contribution in [0, 0.1) is 0 Å². The van der Waals surface area contributed by atoms with E-state index in [1.165, 1.54) is 5.56 Å². The molecule has 0 spiro atoms. The van der Waals surface area contributed by atoms with Crippen molar-refractivity contribution in [2.75, 3.05) is 0 Å². The topological polar surface area (TPSA) is 31.0 Å². The third kappa shape index (κ3) is 2.88. The van der Waals surface area contributed by atoms with E-state index in [0.717, 1.165) is 29.0 Å². The number of hydrogen-bond donors (Lipinski definition) is 0. The highest BCUT2D eigenvalue weighted by Crippen LogP contribution is 2.23. The van der Waals surface area contributed by atoms with E-state index in [-0.39, 0.29) is 0 Å². The van der Waals surface area contributed by atoms with Crippen LogP contribution < -0.4 is 0 Å². The van der Waals surface area contributed by atoms with E-state index in [2.05, 4.69) is 16.7 Å². The summed E-state index contributed by atoms with van der Waals surface area (Å²) in [6.45, 7) is 0.645. The second-order valence-electron chi connectivity index (χ2n) is 5.49. The molecule has 0 unspecified atom stereocenters. The van der Waals surface area contributed by atoms with E-state index in [9.17, 15) is 0 Å². The Hall–Kier alpha value is -2.52. The van der Waals surface area contributed by atoms with Gasteiger partial charge in [-0.3, -0.25) is 0 Å². The van der Waals surface area contributed by atoms with Crippen LogP contribution >= 0.6 is 11.6 Å². The van der Waals surface area contributed by atoms with Crippen LogP contribution in [-0.4, -0.2) is 9.55 Å². The molecule has 4 heteroatoms. The van der Waals surface area contributed by atoms with Crippen molar-refractivity contribution in [2.45, 2.75) is 13.0 Å². The van der Waals surface area contributed by atoms with Crippen molar-refractivity contribution in [3.63, 3.8) is 0 Å². The van der Waals surface area contributed by atoms with Crippen molar-refractivity contribution in [1.29, 1.82) is 0 Å². The van der Waals surface area contributed by atoms with Gasteiger partial charge in [-0.1, -0.05) is 41.9 Å². The Kier molecular flexibility index (Phi) is 3.64. The molecule has 0 atom stereocenters. The second kappa shape index (κ2) is 5.94. The lowest BCUT2D eigenvalue weighted by Crippen LogP contribution is -2.05. The van der Waals surface area contributed by atoms with E-state index in [1.807, 2.05) is 48.5 Å². The molecule has 2 aromatic heterocycles. The summed E-state index contributed by atoms with van der Waals surface area (Å²) < 4.78 is 7.68. The summed E-state index contributed by atoms with van der Waals surface area (Å²) in [5, 5.41) is 0.712. The molecule has 0 saturated heterocycles. The molecule has 0 fully saturated rings. The van der Waals surface area contributed by atoms with Crippen LogP contribution in [0.1, 0.15) is 17.1 Å². The number of benzene rings is 2. The molecular weight excluding hydrogens is 308 g/mol. The fourth-order valence-corrected chi connectivity index (χ4v) is 2.96. The standard InChI is InChI=1S/C19H15ClN2O/c20-15-8-9-17-18(12-15)22(13-16-7-4-10-23-16)19(21-17)11-14-5-2-1-3-6-14/h1-10,12H,11,13H2. The highest BCUT2D eigenvalue weighted by molar-refractivity contribution is 6.31. The van der Waals surface area contributed by atoms with Gasteiger partial charge in [0.1, 0.15) is 11.6 Å². The maximum atomic E-state index is 6.18. The quantitative estimate of drug-likeness (QED) is 0.534. The molecule has 23 heavy (non-hydrogen) atoms. The zero-order chi connectivity index (χ0) is 15.6. The van der Waals surface area contributed by atoms with Gasteiger partial charge in [0.25, 0.3) is 0 Å². The van der Waals surface area contributed by atoms with Gasteiger partial charge in [0, 0.05) is 11.4 Å². The molecule has 4 aromatic rings. The lowest BCUT2D eigenvalue weighted by atomic mass is 10.1. The van der Waals surface area contributed by atoms with Crippen LogP contribution in [0.5, 0.6) is 0 Å². The number of fused-ring (bicyclic) bond motifs is 1. The fourth-order valence-electron chi connectivity index (χ4n) is 2.79. The van der Waals surface area contributed by atoms with Gasteiger partial charge in [-0.25, -0.2) is 4.98 Å². The van der Waals surface area contributed by atoms with Crippen LogP contribution in [0.25, 0.3) is 11.0 Å². The number of halogens is 1. The first-order chi connectivity index (χ1) is 11.3. The Bertz CT molecular complexity index is 927. The van der Waals surface area contributed by atoms with Gasteiger partial charge in [-0.2, -0.15) is 0 Å². The van der Waals surface area contributed by atoms with Gasteiger partial charge in [0.2, 0.25) is 0 Å². The summed E-state index contributed by atoms with van der Waals surface area (Å²) in [4.78, 5) is 4.79. The molecule has 114 valence electrons. The second-order valence-corrected chi connectivity index (χ2v) is 5.93. The average molecular weight is 323 g/mol. The molecule has 0 saturated carbocycles. The smallest absolute Gasteiger partial charge is 0.123 e. The SMILES string of the molecule is Clc1ccc2nc(Cc3ccccc3)n(Cc3ccco3)c2c1. The van der Waals surface area contributed by atoms with Gasteiger partial charge in [-0.05, 0) is 35.9 Å². The van der Waals surface area contributed by atoms with E-state index < -0.39 is 0 Å². The van der Waals surface area contributed by atoms with Crippen molar-refractivity contribution in [2.24, 2.45) is 0 Å². The highest BCUT2D eigenvalue weighted by Gasteiger charge is 2.13.